The van der Waals surface area contributed by atoms with Gasteiger partial charge in [-0.3, -0.25) is 9.59 Å². The molecular formula is C17H19ClN4O4. The Morgan fingerprint density at radius 3 is 2.69 bits per heavy atom. The number of benzene rings is 1. The van der Waals surface area contributed by atoms with Gasteiger partial charge in [-0.25, -0.2) is 9.97 Å². The van der Waals surface area contributed by atoms with Crippen LogP contribution in [0.2, 0.25) is 5.02 Å². The first-order valence-electron chi connectivity index (χ1n) is 7.84. The number of esters is 1. The van der Waals surface area contributed by atoms with Crippen molar-refractivity contribution in [3.05, 3.63) is 41.7 Å². The van der Waals surface area contributed by atoms with Crippen LogP contribution >= 0.6 is 11.6 Å². The molecule has 0 saturated heterocycles. The molecule has 138 valence electrons. The van der Waals surface area contributed by atoms with Crippen molar-refractivity contribution < 1.29 is 19.1 Å². The largest absolute Gasteiger partial charge is 0.495 e. The minimum absolute atomic E-state index is 0.0658. The molecule has 0 aliphatic carbocycles. The molecule has 1 heterocycles. The standard InChI is InChI=1S/C17H19ClN4O4/c1-11(16(24)22-13-10-12(18)4-5-14(13)25-2)26-15(23)6-9-21-17-19-7-3-8-20-17/h3-5,7-8,10-11H,6,9H2,1-2H3,(H,22,24)(H,19,20,21). The van der Waals surface area contributed by atoms with E-state index in [1.807, 2.05) is 0 Å². The monoisotopic (exact) mass is 378 g/mol. The fourth-order valence-corrected chi connectivity index (χ4v) is 2.16. The summed E-state index contributed by atoms with van der Waals surface area (Å²) in [5, 5.41) is 5.96. The third kappa shape index (κ3) is 5.89. The van der Waals surface area contributed by atoms with Crippen molar-refractivity contribution in [3.8, 4) is 5.75 Å². The van der Waals surface area contributed by atoms with Gasteiger partial charge in [-0.05, 0) is 31.2 Å². The fraction of sp³-hybridized carbons (Fsp3) is 0.294. The van der Waals surface area contributed by atoms with E-state index in [1.165, 1.54) is 14.0 Å². The van der Waals surface area contributed by atoms with Crippen molar-refractivity contribution in [3.63, 3.8) is 0 Å². The maximum absolute atomic E-state index is 12.2. The Hall–Kier alpha value is -2.87. The van der Waals surface area contributed by atoms with Gasteiger partial charge in [0.1, 0.15) is 5.75 Å². The van der Waals surface area contributed by atoms with E-state index in [9.17, 15) is 9.59 Å². The first-order valence-corrected chi connectivity index (χ1v) is 8.22. The van der Waals surface area contributed by atoms with Gasteiger partial charge in [0.15, 0.2) is 6.10 Å². The molecule has 9 heteroatoms. The average Bonchev–Trinajstić information content (AvgIpc) is 2.62. The highest BCUT2D eigenvalue weighted by Gasteiger charge is 2.19. The van der Waals surface area contributed by atoms with Gasteiger partial charge in [-0.15, -0.1) is 0 Å². The molecule has 8 nitrogen and oxygen atoms in total. The molecule has 2 aromatic rings. The molecule has 26 heavy (non-hydrogen) atoms. The fourth-order valence-electron chi connectivity index (χ4n) is 1.99. The molecule has 0 radical (unpaired) electrons. The topological polar surface area (TPSA) is 102 Å². The number of anilines is 2. The number of methoxy groups -OCH3 is 1. The zero-order valence-corrected chi connectivity index (χ0v) is 15.1. The van der Waals surface area contributed by atoms with Crippen LogP contribution in [0.3, 0.4) is 0 Å². The first-order chi connectivity index (χ1) is 12.5. The van der Waals surface area contributed by atoms with Crippen LogP contribution in [0.15, 0.2) is 36.7 Å². The van der Waals surface area contributed by atoms with Crippen molar-refractivity contribution in [1.82, 2.24) is 9.97 Å². The first kappa shape index (κ1) is 19.5. The summed E-state index contributed by atoms with van der Waals surface area (Å²) in [5.74, 6) is -0.139. The molecule has 1 atom stereocenters. The Labute approximate surface area is 155 Å². The van der Waals surface area contributed by atoms with Gasteiger partial charge < -0.3 is 20.1 Å². The van der Waals surface area contributed by atoms with Gasteiger partial charge in [-0.1, -0.05) is 11.6 Å². The molecule has 2 rings (SSSR count). The van der Waals surface area contributed by atoms with E-state index in [0.29, 0.717) is 29.0 Å². The van der Waals surface area contributed by atoms with Gasteiger partial charge in [0, 0.05) is 24.0 Å². The molecule has 2 N–H and O–H groups in total. The van der Waals surface area contributed by atoms with Gasteiger partial charge in [0.05, 0.1) is 19.2 Å². The Kier molecular flexibility index (Phi) is 7.16. The summed E-state index contributed by atoms with van der Waals surface area (Å²) in [6.07, 6.45) is 2.27. The van der Waals surface area contributed by atoms with E-state index in [-0.39, 0.29) is 6.42 Å². The van der Waals surface area contributed by atoms with E-state index in [1.54, 1.807) is 36.7 Å². The highest BCUT2D eigenvalue weighted by atomic mass is 35.5. The smallest absolute Gasteiger partial charge is 0.308 e. The van der Waals surface area contributed by atoms with E-state index in [0.717, 1.165) is 0 Å². The van der Waals surface area contributed by atoms with Crippen molar-refractivity contribution in [1.29, 1.82) is 0 Å². The summed E-state index contributed by atoms with van der Waals surface area (Å²) in [6, 6.07) is 6.51. The van der Waals surface area contributed by atoms with Gasteiger partial charge in [0.25, 0.3) is 5.91 Å². The molecule has 1 aromatic carbocycles. The molecular weight excluding hydrogens is 360 g/mol. The van der Waals surface area contributed by atoms with Crippen LogP contribution in [0.25, 0.3) is 0 Å². The minimum Gasteiger partial charge on any atom is -0.495 e. The lowest BCUT2D eigenvalue weighted by molar-refractivity contribution is -0.152. The molecule has 1 amide bonds. The summed E-state index contributed by atoms with van der Waals surface area (Å²) in [6.45, 7) is 1.78. The molecule has 0 saturated carbocycles. The Bertz CT molecular complexity index is 758. The Balaban J connectivity index is 1.81. The second-order valence-corrected chi connectivity index (χ2v) is 5.65. The third-order valence-electron chi connectivity index (χ3n) is 3.27. The molecule has 1 unspecified atom stereocenters. The number of rotatable bonds is 8. The van der Waals surface area contributed by atoms with Crippen LogP contribution in [-0.4, -0.2) is 41.6 Å². The second-order valence-electron chi connectivity index (χ2n) is 5.22. The molecule has 0 aliphatic heterocycles. The van der Waals surface area contributed by atoms with Crippen molar-refractivity contribution in [2.45, 2.75) is 19.4 Å². The van der Waals surface area contributed by atoms with Crippen molar-refractivity contribution in [2.24, 2.45) is 0 Å². The molecule has 0 aliphatic rings. The third-order valence-corrected chi connectivity index (χ3v) is 3.51. The lowest BCUT2D eigenvalue weighted by Gasteiger charge is -2.15. The molecule has 0 spiro atoms. The van der Waals surface area contributed by atoms with E-state index < -0.39 is 18.0 Å². The lowest BCUT2D eigenvalue weighted by atomic mass is 10.2. The van der Waals surface area contributed by atoms with E-state index in [4.69, 9.17) is 21.1 Å². The molecule has 0 fully saturated rings. The lowest BCUT2D eigenvalue weighted by Crippen LogP contribution is -2.30. The van der Waals surface area contributed by atoms with E-state index >= 15 is 0 Å². The normalized spacial score (nSPS) is 11.3. The van der Waals surface area contributed by atoms with Crippen molar-refractivity contribution in [2.75, 3.05) is 24.3 Å². The summed E-state index contributed by atoms with van der Waals surface area (Å²) < 4.78 is 10.3. The Morgan fingerprint density at radius 2 is 2.00 bits per heavy atom. The zero-order chi connectivity index (χ0) is 18.9. The Morgan fingerprint density at radius 1 is 1.27 bits per heavy atom. The number of carbonyl (C=O) groups excluding carboxylic acids is 2. The van der Waals surface area contributed by atoms with Crippen LogP contribution < -0.4 is 15.4 Å². The van der Waals surface area contributed by atoms with Gasteiger partial charge in [0.2, 0.25) is 5.95 Å². The van der Waals surface area contributed by atoms with Crippen LogP contribution in [0.5, 0.6) is 5.75 Å². The minimum atomic E-state index is -0.973. The van der Waals surface area contributed by atoms with Crippen LogP contribution in [0.1, 0.15) is 13.3 Å². The quantitative estimate of drug-likeness (QED) is 0.680. The SMILES string of the molecule is COc1ccc(Cl)cc1NC(=O)C(C)OC(=O)CCNc1ncccn1. The number of halogens is 1. The summed E-state index contributed by atoms with van der Waals surface area (Å²) in [5.41, 5.74) is 0.399. The maximum atomic E-state index is 12.2. The second kappa shape index (κ2) is 9.57. The number of hydrogen-bond donors (Lipinski definition) is 2. The number of ether oxygens (including phenoxy) is 2. The van der Waals surface area contributed by atoms with Crippen LogP contribution in [0.4, 0.5) is 11.6 Å². The van der Waals surface area contributed by atoms with Crippen molar-refractivity contribution >= 4 is 35.1 Å². The highest BCUT2D eigenvalue weighted by Crippen LogP contribution is 2.27. The number of aromatic nitrogens is 2. The molecule has 0 bridgehead atoms. The summed E-state index contributed by atoms with van der Waals surface area (Å²) >= 11 is 5.92. The number of nitrogens with one attached hydrogen (secondary N) is 2. The molecule has 1 aromatic heterocycles. The number of nitrogens with zero attached hydrogens (tertiary/aromatic N) is 2. The van der Waals surface area contributed by atoms with Gasteiger partial charge >= 0.3 is 5.97 Å². The zero-order valence-electron chi connectivity index (χ0n) is 14.4. The highest BCUT2D eigenvalue weighted by molar-refractivity contribution is 6.31. The maximum Gasteiger partial charge on any atom is 0.308 e. The number of hydrogen-bond acceptors (Lipinski definition) is 7. The van der Waals surface area contributed by atoms with Gasteiger partial charge in [-0.2, -0.15) is 0 Å². The predicted octanol–water partition coefficient (Wildman–Crippen LogP) is 2.51. The van der Waals surface area contributed by atoms with Crippen LogP contribution in [-0.2, 0) is 14.3 Å². The van der Waals surface area contributed by atoms with Crippen LogP contribution in [0, 0.1) is 0 Å². The number of amides is 1. The van der Waals surface area contributed by atoms with E-state index in [2.05, 4.69) is 20.6 Å². The number of carbonyl (C=O) groups is 2. The average molecular weight is 379 g/mol. The summed E-state index contributed by atoms with van der Waals surface area (Å²) in [4.78, 5) is 32.0. The predicted molar refractivity (Wildman–Crippen MR) is 97.3 cm³/mol. The summed E-state index contributed by atoms with van der Waals surface area (Å²) in [7, 11) is 1.48.